The van der Waals surface area contributed by atoms with Gasteiger partial charge in [0.25, 0.3) is 0 Å². The van der Waals surface area contributed by atoms with Crippen molar-refractivity contribution in [1.82, 2.24) is 15.6 Å². The Balaban J connectivity index is 2.03. The zero-order valence-electron chi connectivity index (χ0n) is 15.5. The van der Waals surface area contributed by atoms with Crippen LogP contribution in [0.4, 0.5) is 5.82 Å². The molecule has 1 aliphatic heterocycles. The third kappa shape index (κ3) is 5.62. The Kier molecular flexibility index (Phi) is 7.03. The van der Waals surface area contributed by atoms with Crippen LogP contribution in [0.3, 0.4) is 0 Å². The highest BCUT2D eigenvalue weighted by molar-refractivity contribution is 5.80. The molecule has 1 aromatic rings. The van der Waals surface area contributed by atoms with Crippen LogP contribution in [0, 0.1) is 11.8 Å². The van der Waals surface area contributed by atoms with Crippen LogP contribution in [-0.2, 0) is 11.3 Å². The van der Waals surface area contributed by atoms with Crippen LogP contribution in [0.1, 0.15) is 32.3 Å². The maximum atomic E-state index is 11.5. The number of carbonyl (C=O) groups is 1. The summed E-state index contributed by atoms with van der Waals surface area (Å²) in [5.74, 6) is 1.92. The number of aliphatic imine (C=N–C) groups is 1. The summed E-state index contributed by atoms with van der Waals surface area (Å²) in [4.78, 5) is 22.5. The summed E-state index contributed by atoms with van der Waals surface area (Å²) in [6.45, 7) is 7.34. The number of piperidine rings is 1. The Hall–Kier alpha value is -2.31. The highest BCUT2D eigenvalue weighted by Gasteiger charge is 2.25. The molecule has 0 spiro atoms. The molecule has 1 saturated heterocycles. The predicted octanol–water partition coefficient (Wildman–Crippen LogP) is 1.10. The number of carbonyl (C=O) groups excluding carboxylic acids is 1. The highest BCUT2D eigenvalue weighted by Crippen LogP contribution is 2.24. The lowest BCUT2D eigenvalue weighted by molar-refractivity contribution is -0.122. The Morgan fingerprint density at radius 2 is 2.28 bits per heavy atom. The fourth-order valence-electron chi connectivity index (χ4n) is 2.96. The SMILES string of the molecule is CN=C(NCc1cccnc1N1CCCC(C(N)=O)C1)NCC(C)C. The van der Waals surface area contributed by atoms with Crippen molar-refractivity contribution in [3.8, 4) is 0 Å². The van der Waals surface area contributed by atoms with E-state index in [1.54, 1.807) is 13.2 Å². The van der Waals surface area contributed by atoms with E-state index in [4.69, 9.17) is 5.73 Å². The van der Waals surface area contributed by atoms with Crippen molar-refractivity contribution in [2.45, 2.75) is 33.2 Å². The number of hydrogen-bond donors (Lipinski definition) is 3. The molecule has 0 aliphatic carbocycles. The van der Waals surface area contributed by atoms with E-state index in [1.807, 2.05) is 6.07 Å². The Morgan fingerprint density at radius 3 is 2.96 bits per heavy atom. The van der Waals surface area contributed by atoms with E-state index >= 15 is 0 Å². The third-order valence-electron chi connectivity index (χ3n) is 4.34. The molecule has 25 heavy (non-hydrogen) atoms. The van der Waals surface area contributed by atoms with Gasteiger partial charge in [-0.3, -0.25) is 9.79 Å². The molecule has 7 nitrogen and oxygen atoms in total. The highest BCUT2D eigenvalue weighted by atomic mass is 16.1. The van der Waals surface area contributed by atoms with Gasteiger partial charge in [-0.25, -0.2) is 4.98 Å². The molecule has 2 rings (SSSR count). The zero-order valence-corrected chi connectivity index (χ0v) is 15.5. The molecular weight excluding hydrogens is 316 g/mol. The molecule has 1 fully saturated rings. The zero-order chi connectivity index (χ0) is 18.2. The molecule has 0 radical (unpaired) electrons. The first-order valence-electron chi connectivity index (χ1n) is 8.94. The van der Waals surface area contributed by atoms with Crippen LogP contribution in [0.15, 0.2) is 23.3 Å². The summed E-state index contributed by atoms with van der Waals surface area (Å²) in [5.41, 5.74) is 6.58. The van der Waals surface area contributed by atoms with Gasteiger partial charge in [0.1, 0.15) is 5.82 Å². The van der Waals surface area contributed by atoms with Gasteiger partial charge in [0.2, 0.25) is 5.91 Å². The minimum Gasteiger partial charge on any atom is -0.369 e. The second kappa shape index (κ2) is 9.25. The number of guanidine groups is 1. The van der Waals surface area contributed by atoms with Crippen molar-refractivity contribution in [3.05, 3.63) is 23.9 Å². The molecule has 1 aliphatic rings. The molecule has 1 amide bonds. The van der Waals surface area contributed by atoms with Gasteiger partial charge in [0.05, 0.1) is 5.92 Å². The number of amides is 1. The Morgan fingerprint density at radius 1 is 1.48 bits per heavy atom. The van der Waals surface area contributed by atoms with Crippen LogP contribution >= 0.6 is 0 Å². The second-order valence-electron chi connectivity index (χ2n) is 6.87. The maximum absolute atomic E-state index is 11.5. The van der Waals surface area contributed by atoms with Gasteiger partial charge in [0.15, 0.2) is 5.96 Å². The van der Waals surface area contributed by atoms with E-state index in [0.29, 0.717) is 19.0 Å². The van der Waals surface area contributed by atoms with Crippen LogP contribution in [0.25, 0.3) is 0 Å². The number of rotatable bonds is 6. The molecule has 0 bridgehead atoms. The molecule has 1 aromatic heterocycles. The monoisotopic (exact) mass is 346 g/mol. The van der Waals surface area contributed by atoms with Crippen molar-refractivity contribution in [1.29, 1.82) is 0 Å². The topological polar surface area (TPSA) is 95.6 Å². The minimum absolute atomic E-state index is 0.1000. The first-order valence-corrected chi connectivity index (χ1v) is 8.94. The molecule has 1 unspecified atom stereocenters. The first-order chi connectivity index (χ1) is 12.0. The largest absolute Gasteiger partial charge is 0.369 e. The summed E-state index contributed by atoms with van der Waals surface area (Å²) >= 11 is 0. The van der Waals surface area contributed by atoms with E-state index in [2.05, 4.69) is 45.4 Å². The molecule has 7 heteroatoms. The summed E-state index contributed by atoms with van der Waals surface area (Å²) in [6.07, 6.45) is 3.60. The number of hydrogen-bond acceptors (Lipinski definition) is 4. The summed E-state index contributed by atoms with van der Waals surface area (Å²) < 4.78 is 0. The molecule has 0 saturated carbocycles. The predicted molar refractivity (Wildman–Crippen MR) is 101 cm³/mol. The quantitative estimate of drug-likeness (QED) is 0.530. The number of nitrogens with zero attached hydrogens (tertiary/aromatic N) is 3. The van der Waals surface area contributed by atoms with Crippen molar-refractivity contribution >= 4 is 17.7 Å². The Bertz CT molecular complexity index is 601. The van der Waals surface area contributed by atoms with Crippen molar-refractivity contribution in [2.24, 2.45) is 22.6 Å². The van der Waals surface area contributed by atoms with E-state index in [-0.39, 0.29) is 11.8 Å². The summed E-state index contributed by atoms with van der Waals surface area (Å²) in [7, 11) is 1.77. The van der Waals surface area contributed by atoms with Gasteiger partial charge in [-0.05, 0) is 24.8 Å². The number of aromatic nitrogens is 1. The number of primary amides is 1. The maximum Gasteiger partial charge on any atom is 0.222 e. The van der Waals surface area contributed by atoms with Gasteiger partial charge < -0.3 is 21.3 Å². The van der Waals surface area contributed by atoms with Crippen LogP contribution in [0.5, 0.6) is 0 Å². The lowest BCUT2D eigenvalue weighted by Gasteiger charge is -2.33. The normalized spacial score (nSPS) is 18.3. The van der Waals surface area contributed by atoms with Gasteiger partial charge >= 0.3 is 0 Å². The van der Waals surface area contributed by atoms with Gasteiger partial charge in [0, 0.05) is 45.0 Å². The second-order valence-corrected chi connectivity index (χ2v) is 6.87. The number of nitrogens with one attached hydrogen (secondary N) is 2. The minimum atomic E-state index is -0.224. The van der Waals surface area contributed by atoms with Crippen LogP contribution in [0.2, 0.25) is 0 Å². The smallest absolute Gasteiger partial charge is 0.222 e. The molecule has 2 heterocycles. The van der Waals surface area contributed by atoms with E-state index in [9.17, 15) is 4.79 Å². The lowest BCUT2D eigenvalue weighted by atomic mass is 9.97. The number of pyridine rings is 1. The Labute approximate surface area is 150 Å². The lowest BCUT2D eigenvalue weighted by Crippen LogP contribution is -2.42. The van der Waals surface area contributed by atoms with E-state index < -0.39 is 0 Å². The van der Waals surface area contributed by atoms with Gasteiger partial charge in [-0.15, -0.1) is 0 Å². The summed E-state index contributed by atoms with van der Waals surface area (Å²) in [5, 5.41) is 6.64. The summed E-state index contributed by atoms with van der Waals surface area (Å²) in [6, 6.07) is 3.99. The van der Waals surface area contributed by atoms with Crippen molar-refractivity contribution in [3.63, 3.8) is 0 Å². The average molecular weight is 346 g/mol. The van der Waals surface area contributed by atoms with Crippen molar-refractivity contribution in [2.75, 3.05) is 31.6 Å². The molecule has 1 atom stereocenters. The van der Waals surface area contributed by atoms with Crippen LogP contribution in [-0.4, -0.2) is 43.5 Å². The first kappa shape index (κ1) is 19.0. The third-order valence-corrected chi connectivity index (χ3v) is 4.34. The molecule has 0 aromatic carbocycles. The van der Waals surface area contributed by atoms with E-state index in [1.165, 1.54) is 0 Å². The molecule has 138 valence electrons. The fourth-order valence-corrected chi connectivity index (χ4v) is 2.96. The van der Waals surface area contributed by atoms with E-state index in [0.717, 1.165) is 43.3 Å². The fraction of sp³-hybridized carbons (Fsp3) is 0.611. The van der Waals surface area contributed by atoms with Gasteiger partial charge in [-0.1, -0.05) is 19.9 Å². The number of nitrogens with two attached hydrogens (primary N) is 1. The van der Waals surface area contributed by atoms with Gasteiger partial charge in [-0.2, -0.15) is 0 Å². The number of anilines is 1. The van der Waals surface area contributed by atoms with Crippen LogP contribution < -0.4 is 21.3 Å². The van der Waals surface area contributed by atoms with Crippen molar-refractivity contribution < 1.29 is 4.79 Å². The molecule has 4 N–H and O–H groups in total. The molecular formula is C18H30N6O. The average Bonchev–Trinajstić information content (AvgIpc) is 2.62. The standard InChI is InChI=1S/C18H30N6O/c1-13(2)10-22-18(20-3)23-11-14-6-4-8-21-17(14)24-9-5-7-15(12-24)16(19)25/h4,6,8,13,15H,5,7,9-12H2,1-3H3,(H2,19,25)(H2,20,22,23).